The molecule has 0 aromatic heterocycles. The summed E-state index contributed by atoms with van der Waals surface area (Å²) in [6.07, 6.45) is 4.22. The Morgan fingerprint density at radius 3 is 2.87 bits per heavy atom. The number of benzene rings is 1. The average Bonchev–Trinajstić information content (AvgIpc) is 2.22. The second-order valence-corrected chi connectivity index (χ2v) is 4.65. The van der Waals surface area contributed by atoms with Gasteiger partial charge in [0.2, 0.25) is 0 Å². The summed E-state index contributed by atoms with van der Waals surface area (Å²) in [6.45, 7) is 2.01. The zero-order valence-electron chi connectivity index (χ0n) is 9.17. The molecule has 2 atom stereocenters. The van der Waals surface area contributed by atoms with Gasteiger partial charge in [0.05, 0.1) is 0 Å². The van der Waals surface area contributed by atoms with Gasteiger partial charge in [0.1, 0.15) is 5.82 Å². The molecule has 1 aromatic carbocycles. The number of aryl methyl sites for hydroxylation is 1. The highest BCUT2D eigenvalue weighted by Crippen LogP contribution is 2.33. The first-order valence-electron chi connectivity index (χ1n) is 5.68. The Kier molecular flexibility index (Phi) is 3.06. The van der Waals surface area contributed by atoms with E-state index in [2.05, 4.69) is 0 Å². The van der Waals surface area contributed by atoms with Crippen LogP contribution >= 0.6 is 0 Å². The second kappa shape index (κ2) is 4.31. The third-order valence-corrected chi connectivity index (χ3v) is 3.31. The van der Waals surface area contributed by atoms with Crippen molar-refractivity contribution < 1.29 is 4.39 Å². The van der Waals surface area contributed by atoms with Crippen molar-refractivity contribution in [2.75, 3.05) is 0 Å². The minimum Gasteiger partial charge on any atom is -0.328 e. The van der Waals surface area contributed by atoms with Gasteiger partial charge < -0.3 is 5.73 Å². The molecular formula is C13H18FN. The van der Waals surface area contributed by atoms with Crippen LogP contribution in [0.4, 0.5) is 4.39 Å². The minimum atomic E-state index is -0.0697. The van der Waals surface area contributed by atoms with Crippen LogP contribution < -0.4 is 5.73 Å². The van der Waals surface area contributed by atoms with Crippen molar-refractivity contribution in [3.63, 3.8) is 0 Å². The number of hydrogen-bond acceptors (Lipinski definition) is 1. The first-order valence-corrected chi connectivity index (χ1v) is 5.68. The maximum Gasteiger partial charge on any atom is 0.126 e. The standard InChI is InChI=1S/C13H18FN/c1-9-5-6-13(14)12(7-9)10-3-2-4-11(15)8-10/h5-7,10-11H,2-4,8,15H2,1H3. The molecule has 0 bridgehead atoms. The maximum atomic E-state index is 13.6. The number of nitrogens with two attached hydrogens (primary N) is 1. The van der Waals surface area contributed by atoms with E-state index in [9.17, 15) is 4.39 Å². The van der Waals surface area contributed by atoms with Crippen LogP contribution in [0.15, 0.2) is 18.2 Å². The molecule has 0 heterocycles. The lowest BCUT2D eigenvalue weighted by Gasteiger charge is -2.27. The van der Waals surface area contributed by atoms with Gasteiger partial charge in [-0.05, 0) is 43.7 Å². The lowest BCUT2D eigenvalue weighted by molar-refractivity contribution is 0.384. The molecule has 0 radical (unpaired) electrons. The van der Waals surface area contributed by atoms with Crippen LogP contribution in [-0.4, -0.2) is 6.04 Å². The molecule has 2 rings (SSSR count). The van der Waals surface area contributed by atoms with Crippen LogP contribution in [0, 0.1) is 12.7 Å². The zero-order valence-corrected chi connectivity index (χ0v) is 9.17. The predicted octanol–water partition coefficient (Wildman–Crippen LogP) is 3.12. The van der Waals surface area contributed by atoms with Crippen molar-refractivity contribution in [1.29, 1.82) is 0 Å². The van der Waals surface area contributed by atoms with E-state index in [1.165, 1.54) is 0 Å². The molecule has 2 heteroatoms. The summed E-state index contributed by atoms with van der Waals surface area (Å²) in [7, 11) is 0. The summed E-state index contributed by atoms with van der Waals surface area (Å²) in [6, 6.07) is 5.62. The molecule has 2 N–H and O–H groups in total. The summed E-state index contributed by atoms with van der Waals surface area (Å²) in [4.78, 5) is 0. The van der Waals surface area contributed by atoms with Gasteiger partial charge in [0.15, 0.2) is 0 Å². The van der Waals surface area contributed by atoms with Gasteiger partial charge in [-0.1, -0.05) is 24.1 Å². The van der Waals surface area contributed by atoms with E-state index in [0.29, 0.717) is 5.92 Å². The van der Waals surface area contributed by atoms with Crippen molar-refractivity contribution in [3.05, 3.63) is 35.1 Å². The fraction of sp³-hybridized carbons (Fsp3) is 0.538. The Hall–Kier alpha value is -0.890. The smallest absolute Gasteiger partial charge is 0.126 e. The van der Waals surface area contributed by atoms with Crippen LogP contribution in [0.1, 0.15) is 42.7 Å². The van der Waals surface area contributed by atoms with Crippen LogP contribution in [0.5, 0.6) is 0 Å². The fourth-order valence-electron chi connectivity index (χ4n) is 2.49. The van der Waals surface area contributed by atoms with Gasteiger partial charge >= 0.3 is 0 Å². The van der Waals surface area contributed by atoms with E-state index >= 15 is 0 Å². The molecule has 0 saturated heterocycles. The Bertz CT molecular complexity index is 348. The molecule has 2 unspecified atom stereocenters. The van der Waals surface area contributed by atoms with Crippen LogP contribution in [0.2, 0.25) is 0 Å². The molecule has 15 heavy (non-hydrogen) atoms. The van der Waals surface area contributed by atoms with E-state index in [1.807, 2.05) is 19.1 Å². The SMILES string of the molecule is Cc1ccc(F)c(C2CCCC(N)C2)c1. The van der Waals surface area contributed by atoms with E-state index in [1.54, 1.807) is 6.07 Å². The topological polar surface area (TPSA) is 26.0 Å². The van der Waals surface area contributed by atoms with Crippen LogP contribution in [-0.2, 0) is 0 Å². The normalized spacial score (nSPS) is 26.6. The van der Waals surface area contributed by atoms with Crippen molar-refractivity contribution in [2.45, 2.75) is 44.6 Å². The van der Waals surface area contributed by atoms with Gasteiger partial charge in [-0.3, -0.25) is 0 Å². The predicted molar refractivity (Wildman–Crippen MR) is 60.3 cm³/mol. The highest BCUT2D eigenvalue weighted by atomic mass is 19.1. The summed E-state index contributed by atoms with van der Waals surface area (Å²) >= 11 is 0. The van der Waals surface area contributed by atoms with E-state index in [-0.39, 0.29) is 11.9 Å². The second-order valence-electron chi connectivity index (χ2n) is 4.65. The number of halogens is 1. The van der Waals surface area contributed by atoms with E-state index < -0.39 is 0 Å². The summed E-state index contributed by atoms with van der Waals surface area (Å²) in [5.74, 6) is 0.258. The Morgan fingerprint density at radius 1 is 1.33 bits per heavy atom. The third-order valence-electron chi connectivity index (χ3n) is 3.31. The first kappa shape index (κ1) is 10.6. The average molecular weight is 207 g/mol. The molecule has 1 saturated carbocycles. The minimum absolute atomic E-state index is 0.0697. The quantitative estimate of drug-likeness (QED) is 0.752. The van der Waals surface area contributed by atoms with Gasteiger partial charge in [-0.15, -0.1) is 0 Å². The summed E-state index contributed by atoms with van der Waals surface area (Å²) in [5.41, 5.74) is 7.92. The molecule has 0 amide bonds. The molecule has 82 valence electrons. The van der Waals surface area contributed by atoms with Crippen molar-refractivity contribution in [2.24, 2.45) is 5.73 Å². The highest BCUT2D eigenvalue weighted by Gasteiger charge is 2.22. The summed E-state index contributed by atoms with van der Waals surface area (Å²) in [5, 5.41) is 0. The van der Waals surface area contributed by atoms with Crippen molar-refractivity contribution in [3.8, 4) is 0 Å². The monoisotopic (exact) mass is 207 g/mol. The number of hydrogen-bond donors (Lipinski definition) is 1. The molecule has 0 spiro atoms. The zero-order chi connectivity index (χ0) is 10.8. The van der Waals surface area contributed by atoms with Crippen LogP contribution in [0.25, 0.3) is 0 Å². The molecule has 1 aromatic rings. The number of rotatable bonds is 1. The molecule has 0 aliphatic heterocycles. The van der Waals surface area contributed by atoms with Crippen molar-refractivity contribution >= 4 is 0 Å². The maximum absolute atomic E-state index is 13.6. The fourth-order valence-corrected chi connectivity index (χ4v) is 2.49. The van der Waals surface area contributed by atoms with Gasteiger partial charge in [-0.25, -0.2) is 4.39 Å². The van der Waals surface area contributed by atoms with Crippen molar-refractivity contribution in [1.82, 2.24) is 0 Å². The first-order chi connectivity index (χ1) is 7.16. The Balaban J connectivity index is 2.24. The summed E-state index contributed by atoms with van der Waals surface area (Å²) < 4.78 is 13.6. The Labute approximate surface area is 90.5 Å². The largest absolute Gasteiger partial charge is 0.328 e. The molecular weight excluding hydrogens is 189 g/mol. The molecule has 1 aliphatic rings. The van der Waals surface area contributed by atoms with Crippen LogP contribution in [0.3, 0.4) is 0 Å². The lowest BCUT2D eigenvalue weighted by Crippen LogP contribution is -2.27. The lowest BCUT2D eigenvalue weighted by atomic mass is 9.81. The highest BCUT2D eigenvalue weighted by molar-refractivity contribution is 5.27. The molecule has 1 fully saturated rings. The van der Waals surface area contributed by atoms with E-state index in [4.69, 9.17) is 5.73 Å². The Morgan fingerprint density at radius 2 is 2.13 bits per heavy atom. The molecule has 1 nitrogen and oxygen atoms in total. The van der Waals surface area contributed by atoms with Gasteiger partial charge in [0, 0.05) is 6.04 Å². The van der Waals surface area contributed by atoms with Gasteiger partial charge in [-0.2, -0.15) is 0 Å². The van der Waals surface area contributed by atoms with Gasteiger partial charge in [0.25, 0.3) is 0 Å². The molecule has 1 aliphatic carbocycles. The van der Waals surface area contributed by atoms with E-state index in [0.717, 1.165) is 36.8 Å². The third kappa shape index (κ3) is 2.37.